The van der Waals surface area contributed by atoms with Gasteiger partial charge in [-0.2, -0.15) is 4.68 Å². The summed E-state index contributed by atoms with van der Waals surface area (Å²) in [5.41, 5.74) is 1.10. The second-order valence-corrected chi connectivity index (χ2v) is 7.35. The van der Waals surface area contributed by atoms with E-state index in [9.17, 15) is 22.8 Å². The Bertz CT molecular complexity index is 1320. The molecule has 0 aliphatic rings. The molecular formula is C22H19ClF3N3O6. The van der Waals surface area contributed by atoms with Gasteiger partial charge in [0.2, 0.25) is 11.8 Å². The van der Waals surface area contributed by atoms with Crippen molar-refractivity contribution in [3.63, 3.8) is 0 Å². The van der Waals surface area contributed by atoms with Gasteiger partial charge in [-0.05, 0) is 54.5 Å². The Morgan fingerprint density at radius 3 is 2.57 bits per heavy atom. The van der Waals surface area contributed by atoms with Gasteiger partial charge in [-0.15, -0.1) is 18.3 Å². The van der Waals surface area contributed by atoms with Crippen LogP contribution in [0.15, 0.2) is 39.5 Å². The van der Waals surface area contributed by atoms with Gasteiger partial charge in [0.05, 0.1) is 19.2 Å². The predicted octanol–water partition coefficient (Wildman–Crippen LogP) is 4.52. The lowest BCUT2D eigenvalue weighted by Gasteiger charge is -2.12. The summed E-state index contributed by atoms with van der Waals surface area (Å²) in [5.74, 6) is -1.27. The van der Waals surface area contributed by atoms with Crippen LogP contribution < -0.4 is 25.3 Å². The van der Waals surface area contributed by atoms with Gasteiger partial charge in [0.1, 0.15) is 12.3 Å². The van der Waals surface area contributed by atoms with E-state index in [0.717, 1.165) is 16.8 Å². The average molecular weight is 514 g/mol. The molecule has 9 nitrogen and oxygen atoms in total. The first-order valence-corrected chi connectivity index (χ1v) is 10.2. The fourth-order valence-electron chi connectivity index (χ4n) is 2.98. The normalized spacial score (nSPS) is 11.5. The van der Waals surface area contributed by atoms with E-state index < -0.39 is 30.3 Å². The summed E-state index contributed by atoms with van der Waals surface area (Å²) in [6.07, 6.45) is -1.91. The van der Waals surface area contributed by atoms with Gasteiger partial charge in [0.25, 0.3) is 0 Å². The number of carbonyl (C=O) groups is 1. The number of halogens is 4. The van der Waals surface area contributed by atoms with Gasteiger partial charge in [0, 0.05) is 11.8 Å². The number of aryl methyl sites for hydroxylation is 1. The van der Waals surface area contributed by atoms with Gasteiger partial charge >= 0.3 is 12.1 Å². The van der Waals surface area contributed by atoms with Crippen LogP contribution in [0.5, 0.6) is 17.2 Å². The molecule has 0 radical (unpaired) electrons. The van der Waals surface area contributed by atoms with E-state index in [1.54, 1.807) is 12.1 Å². The van der Waals surface area contributed by atoms with Crippen molar-refractivity contribution in [2.75, 3.05) is 19.5 Å². The number of nitrogens with zero attached hydrogens (tertiary/aromatic N) is 2. The maximum Gasteiger partial charge on any atom is 0.573 e. The third kappa shape index (κ3) is 6.57. The molecule has 0 bridgehead atoms. The highest BCUT2D eigenvalue weighted by Crippen LogP contribution is 2.38. The zero-order valence-electron chi connectivity index (χ0n) is 18.6. The van der Waals surface area contributed by atoms with Crippen LogP contribution in [0.4, 0.5) is 18.9 Å². The lowest BCUT2D eigenvalue weighted by atomic mass is 10.2. The molecule has 3 rings (SSSR count). The van der Waals surface area contributed by atoms with Gasteiger partial charge in [-0.1, -0.05) is 11.6 Å². The van der Waals surface area contributed by atoms with Crippen LogP contribution in [0.3, 0.4) is 0 Å². The summed E-state index contributed by atoms with van der Waals surface area (Å²) in [7, 11) is 2.91. The van der Waals surface area contributed by atoms with Crippen molar-refractivity contribution in [3.8, 4) is 17.2 Å². The molecule has 0 atom stereocenters. The van der Waals surface area contributed by atoms with Crippen molar-refractivity contribution in [2.24, 2.45) is 0 Å². The average Bonchev–Trinajstić information content (AvgIpc) is 3.12. The maximum absolute atomic E-state index is 12.3. The van der Waals surface area contributed by atoms with Crippen molar-refractivity contribution in [1.82, 2.24) is 9.78 Å². The predicted molar refractivity (Wildman–Crippen MR) is 121 cm³/mol. The largest absolute Gasteiger partial charge is 0.573 e. The number of hydrogen-bond donors (Lipinski definition) is 1. The minimum absolute atomic E-state index is 0.0847. The molecule has 0 fully saturated rings. The molecule has 3 aromatic rings. The smallest absolute Gasteiger partial charge is 0.493 e. The Morgan fingerprint density at radius 1 is 1.20 bits per heavy atom. The summed E-state index contributed by atoms with van der Waals surface area (Å²) in [4.78, 5) is 24.4. The van der Waals surface area contributed by atoms with Gasteiger partial charge in [0.15, 0.2) is 11.5 Å². The SMILES string of the molecule is COc1ccc(C=Cc2nn(CC(=O)Nc3ccc(OC(F)(F)F)cc3C)c(=O)o2)c(Cl)c1OC. The molecule has 1 aromatic heterocycles. The van der Waals surface area contributed by atoms with Crippen molar-refractivity contribution in [3.05, 3.63) is 62.9 Å². The monoisotopic (exact) mass is 513 g/mol. The van der Waals surface area contributed by atoms with Crippen molar-refractivity contribution in [1.29, 1.82) is 0 Å². The highest BCUT2D eigenvalue weighted by molar-refractivity contribution is 6.34. The van der Waals surface area contributed by atoms with E-state index in [0.29, 0.717) is 22.6 Å². The number of nitrogens with one attached hydrogen (secondary N) is 1. The van der Waals surface area contributed by atoms with Gasteiger partial charge in [-0.3, -0.25) is 4.79 Å². The van der Waals surface area contributed by atoms with E-state index in [1.165, 1.54) is 39.4 Å². The number of alkyl halides is 3. The number of methoxy groups -OCH3 is 2. The number of hydrogen-bond acceptors (Lipinski definition) is 7. The molecule has 0 spiro atoms. The van der Waals surface area contributed by atoms with Gasteiger partial charge in [-0.25, -0.2) is 4.79 Å². The second-order valence-electron chi connectivity index (χ2n) is 6.97. The van der Waals surface area contributed by atoms with E-state index in [2.05, 4.69) is 15.2 Å². The Balaban J connectivity index is 1.69. The molecule has 35 heavy (non-hydrogen) atoms. The lowest BCUT2D eigenvalue weighted by Crippen LogP contribution is -2.26. The zero-order valence-corrected chi connectivity index (χ0v) is 19.4. The lowest BCUT2D eigenvalue weighted by molar-refractivity contribution is -0.274. The molecule has 1 heterocycles. The topological polar surface area (TPSA) is 105 Å². The zero-order chi connectivity index (χ0) is 25.8. The highest BCUT2D eigenvalue weighted by Gasteiger charge is 2.31. The van der Waals surface area contributed by atoms with Crippen molar-refractivity contribution >= 4 is 35.3 Å². The molecule has 1 amide bonds. The Morgan fingerprint density at radius 2 is 1.94 bits per heavy atom. The highest BCUT2D eigenvalue weighted by atomic mass is 35.5. The third-order valence-corrected chi connectivity index (χ3v) is 4.93. The van der Waals surface area contributed by atoms with Crippen molar-refractivity contribution < 1.29 is 36.6 Å². The summed E-state index contributed by atoms with van der Waals surface area (Å²) in [6.45, 7) is 0.997. The molecule has 186 valence electrons. The first-order valence-electron chi connectivity index (χ1n) is 9.83. The molecule has 2 aromatic carbocycles. The van der Waals surface area contributed by atoms with Crippen LogP contribution >= 0.6 is 11.6 Å². The number of anilines is 1. The fraction of sp³-hybridized carbons (Fsp3) is 0.227. The van der Waals surface area contributed by atoms with E-state index in [-0.39, 0.29) is 16.6 Å². The van der Waals surface area contributed by atoms with Gasteiger partial charge < -0.3 is 23.9 Å². The van der Waals surface area contributed by atoms with Crippen LogP contribution in [0, 0.1) is 6.92 Å². The standard InChI is InChI=1S/C22H19ClF3N3O6/c1-12-10-14(35-22(24,25)26)6-7-15(12)27-17(30)11-29-21(31)34-18(28-29)9-5-13-4-8-16(32-2)20(33-3)19(13)23/h4-10H,11H2,1-3H3,(H,27,30). The molecule has 1 N–H and O–H groups in total. The molecule has 0 aliphatic carbocycles. The fourth-order valence-corrected chi connectivity index (χ4v) is 3.28. The maximum atomic E-state index is 12.3. The summed E-state index contributed by atoms with van der Waals surface area (Å²) in [5, 5.41) is 6.70. The van der Waals surface area contributed by atoms with E-state index in [4.69, 9.17) is 25.5 Å². The Kier molecular flexibility index (Phi) is 7.75. The number of aromatic nitrogens is 2. The van der Waals surface area contributed by atoms with Crippen LogP contribution in [0.25, 0.3) is 12.2 Å². The molecule has 0 saturated carbocycles. The quantitative estimate of drug-likeness (QED) is 0.472. The Hall–Kier alpha value is -3.93. The second kappa shape index (κ2) is 10.6. The van der Waals surface area contributed by atoms with Crippen LogP contribution in [0.2, 0.25) is 5.02 Å². The number of rotatable bonds is 8. The first-order chi connectivity index (χ1) is 16.5. The number of ether oxygens (including phenoxy) is 3. The molecule has 0 unspecified atom stereocenters. The number of benzene rings is 2. The van der Waals surface area contributed by atoms with Crippen LogP contribution in [-0.2, 0) is 11.3 Å². The summed E-state index contributed by atoms with van der Waals surface area (Å²) in [6, 6.07) is 6.73. The number of amides is 1. The first kappa shape index (κ1) is 25.7. The third-order valence-electron chi connectivity index (χ3n) is 4.54. The molecule has 0 aliphatic heterocycles. The Labute approximate surface area is 201 Å². The molecule has 13 heteroatoms. The summed E-state index contributed by atoms with van der Waals surface area (Å²) < 4.78 is 57.1. The van der Waals surface area contributed by atoms with Crippen LogP contribution in [-0.4, -0.2) is 36.3 Å². The van der Waals surface area contributed by atoms with E-state index in [1.807, 2.05) is 0 Å². The molecule has 0 saturated heterocycles. The summed E-state index contributed by atoms with van der Waals surface area (Å²) >= 11 is 6.30. The van der Waals surface area contributed by atoms with E-state index >= 15 is 0 Å². The minimum Gasteiger partial charge on any atom is -0.493 e. The van der Waals surface area contributed by atoms with Crippen LogP contribution in [0.1, 0.15) is 17.0 Å². The molecular weight excluding hydrogens is 495 g/mol. The minimum atomic E-state index is -4.83. The number of carbonyl (C=O) groups excluding carboxylic acids is 1. The van der Waals surface area contributed by atoms with Crippen molar-refractivity contribution in [2.45, 2.75) is 19.8 Å².